The summed E-state index contributed by atoms with van der Waals surface area (Å²) in [7, 11) is 0. The molecule has 0 N–H and O–H groups in total. The van der Waals surface area contributed by atoms with Crippen molar-refractivity contribution in [1.82, 2.24) is 15.0 Å². The predicted molar refractivity (Wildman–Crippen MR) is 236 cm³/mol. The second-order valence-corrected chi connectivity index (χ2v) is 14.7. The molecule has 0 radical (unpaired) electrons. The van der Waals surface area contributed by atoms with Crippen molar-refractivity contribution in [2.75, 3.05) is 0 Å². The zero-order valence-electron chi connectivity index (χ0n) is 30.6. The van der Waals surface area contributed by atoms with Crippen molar-refractivity contribution < 1.29 is 4.42 Å². The van der Waals surface area contributed by atoms with E-state index < -0.39 is 0 Å². The molecule has 0 atom stereocenters. The van der Waals surface area contributed by atoms with E-state index in [9.17, 15) is 0 Å². The first kappa shape index (κ1) is 31.6. The zero-order chi connectivity index (χ0) is 37.5. The van der Waals surface area contributed by atoms with Crippen molar-refractivity contribution in [3.8, 4) is 45.3 Å². The highest BCUT2D eigenvalue weighted by molar-refractivity contribution is 6.26. The Balaban J connectivity index is 1.14. The summed E-state index contributed by atoms with van der Waals surface area (Å²) in [5.41, 5.74) is 6.57. The zero-order valence-corrected chi connectivity index (χ0v) is 30.6. The largest absolute Gasteiger partial charge is 0.455 e. The van der Waals surface area contributed by atoms with Gasteiger partial charge in [-0.05, 0) is 83.7 Å². The quantitative estimate of drug-likeness (QED) is 0.170. The summed E-state index contributed by atoms with van der Waals surface area (Å²) in [4.78, 5) is 15.8. The van der Waals surface area contributed by atoms with Crippen LogP contribution in [0.25, 0.3) is 121 Å². The number of furan rings is 1. The highest BCUT2D eigenvalue weighted by atomic mass is 16.3. The third kappa shape index (κ3) is 4.98. The average molecular weight is 726 g/mol. The molecule has 264 valence electrons. The molecule has 2 aromatic heterocycles. The number of rotatable bonds is 4. The normalized spacial score (nSPS) is 11.9. The van der Waals surface area contributed by atoms with Crippen LogP contribution in [0.3, 0.4) is 0 Å². The first-order valence-electron chi connectivity index (χ1n) is 19.3. The number of hydrogen-bond donors (Lipinski definition) is 0. The number of fused-ring (bicyclic) bond motifs is 11. The van der Waals surface area contributed by atoms with Gasteiger partial charge in [0.1, 0.15) is 11.2 Å². The molecule has 12 rings (SSSR count). The maximum atomic E-state index is 6.84. The third-order valence-corrected chi connectivity index (χ3v) is 11.5. The molecule has 0 saturated heterocycles. The monoisotopic (exact) mass is 725 g/mol. The second kappa shape index (κ2) is 12.4. The first-order chi connectivity index (χ1) is 28.2. The number of benzene rings is 10. The van der Waals surface area contributed by atoms with Gasteiger partial charge in [-0.1, -0.05) is 164 Å². The molecule has 0 fully saturated rings. The van der Waals surface area contributed by atoms with Crippen LogP contribution in [0.2, 0.25) is 0 Å². The van der Waals surface area contributed by atoms with Crippen LogP contribution < -0.4 is 0 Å². The maximum absolute atomic E-state index is 6.84. The molecule has 0 aliphatic heterocycles. The molecule has 0 amide bonds. The van der Waals surface area contributed by atoms with Crippen molar-refractivity contribution in [1.29, 1.82) is 0 Å². The van der Waals surface area contributed by atoms with E-state index in [-0.39, 0.29) is 0 Å². The van der Waals surface area contributed by atoms with E-state index in [1.54, 1.807) is 0 Å². The third-order valence-electron chi connectivity index (χ3n) is 11.5. The molecular weight excluding hydrogens is 695 g/mol. The fraction of sp³-hybridized carbons (Fsp3) is 0. The van der Waals surface area contributed by atoms with Crippen LogP contribution in [0, 0.1) is 0 Å². The van der Waals surface area contributed by atoms with Gasteiger partial charge in [-0.3, -0.25) is 0 Å². The van der Waals surface area contributed by atoms with Gasteiger partial charge in [0.05, 0.1) is 0 Å². The molecule has 12 aromatic rings. The van der Waals surface area contributed by atoms with Crippen molar-refractivity contribution >= 4 is 75.8 Å². The Kier molecular flexibility index (Phi) is 6.89. The van der Waals surface area contributed by atoms with Crippen LogP contribution in [-0.4, -0.2) is 15.0 Å². The van der Waals surface area contributed by atoms with E-state index in [0.29, 0.717) is 17.5 Å². The lowest BCUT2D eigenvalue weighted by atomic mass is 9.93. The van der Waals surface area contributed by atoms with Gasteiger partial charge in [-0.2, -0.15) is 0 Å². The van der Waals surface area contributed by atoms with Gasteiger partial charge in [0, 0.05) is 33.0 Å². The van der Waals surface area contributed by atoms with E-state index in [1.807, 2.05) is 18.2 Å². The first-order valence-corrected chi connectivity index (χ1v) is 19.3. The van der Waals surface area contributed by atoms with Crippen molar-refractivity contribution in [3.63, 3.8) is 0 Å². The van der Waals surface area contributed by atoms with Gasteiger partial charge >= 0.3 is 0 Å². The van der Waals surface area contributed by atoms with Crippen LogP contribution in [0.15, 0.2) is 192 Å². The minimum atomic E-state index is 0.592. The molecule has 0 saturated carbocycles. The summed E-state index contributed by atoms with van der Waals surface area (Å²) in [6, 6.07) is 66.2. The lowest BCUT2D eigenvalue weighted by Crippen LogP contribution is -2.00. The van der Waals surface area contributed by atoms with Crippen molar-refractivity contribution in [2.45, 2.75) is 0 Å². The van der Waals surface area contributed by atoms with Crippen LogP contribution in [0.4, 0.5) is 0 Å². The van der Waals surface area contributed by atoms with E-state index in [4.69, 9.17) is 19.4 Å². The Morgan fingerprint density at radius 3 is 1.61 bits per heavy atom. The van der Waals surface area contributed by atoms with Crippen LogP contribution >= 0.6 is 0 Å². The van der Waals surface area contributed by atoms with Gasteiger partial charge in [0.25, 0.3) is 0 Å². The fourth-order valence-corrected chi connectivity index (χ4v) is 8.83. The predicted octanol–water partition coefficient (Wildman–Crippen LogP) is 14.2. The molecule has 10 aromatic carbocycles. The van der Waals surface area contributed by atoms with Crippen LogP contribution in [0.5, 0.6) is 0 Å². The second-order valence-electron chi connectivity index (χ2n) is 14.7. The van der Waals surface area contributed by atoms with Gasteiger partial charge in [0.2, 0.25) is 0 Å². The lowest BCUT2D eigenvalue weighted by molar-refractivity contribution is 0.670. The van der Waals surface area contributed by atoms with Gasteiger partial charge in [-0.15, -0.1) is 0 Å². The van der Waals surface area contributed by atoms with Crippen molar-refractivity contribution in [3.05, 3.63) is 188 Å². The molecule has 2 heterocycles. The highest BCUT2D eigenvalue weighted by Gasteiger charge is 2.22. The summed E-state index contributed by atoms with van der Waals surface area (Å²) in [5.74, 6) is 1.82. The minimum Gasteiger partial charge on any atom is -0.455 e. The molecule has 57 heavy (non-hydrogen) atoms. The van der Waals surface area contributed by atoms with E-state index >= 15 is 0 Å². The Bertz CT molecular complexity index is 3550. The molecule has 0 bridgehead atoms. The number of nitrogens with zero attached hydrogens (tertiary/aromatic N) is 3. The molecule has 0 unspecified atom stereocenters. The number of aromatic nitrogens is 3. The SMILES string of the molecule is c1ccc(-c2c3ccccc3cc3c2oc2cccc(-c4nc(-c5ccc6ccccc6c5)nc(-c5ccc6c7ccccc7c7ccccc7c6c5)n4)c23)cc1. The fourth-order valence-electron chi connectivity index (χ4n) is 8.83. The summed E-state index contributed by atoms with van der Waals surface area (Å²) in [6.45, 7) is 0. The molecular formula is C53H31N3O. The van der Waals surface area contributed by atoms with E-state index in [2.05, 4.69) is 170 Å². The maximum Gasteiger partial charge on any atom is 0.164 e. The Labute approximate surface area is 327 Å². The lowest BCUT2D eigenvalue weighted by Gasteiger charge is -2.13. The summed E-state index contributed by atoms with van der Waals surface area (Å²) < 4.78 is 6.84. The van der Waals surface area contributed by atoms with E-state index in [1.165, 1.54) is 37.7 Å². The Morgan fingerprint density at radius 1 is 0.316 bits per heavy atom. The van der Waals surface area contributed by atoms with E-state index in [0.717, 1.165) is 65.9 Å². The summed E-state index contributed by atoms with van der Waals surface area (Å²) in [5, 5.41) is 13.9. The van der Waals surface area contributed by atoms with Crippen LogP contribution in [-0.2, 0) is 0 Å². The topological polar surface area (TPSA) is 51.8 Å². The number of hydrogen-bond acceptors (Lipinski definition) is 4. The van der Waals surface area contributed by atoms with Gasteiger partial charge in [0.15, 0.2) is 17.5 Å². The van der Waals surface area contributed by atoms with Gasteiger partial charge in [-0.25, -0.2) is 15.0 Å². The molecule has 4 heteroatoms. The average Bonchev–Trinajstić information content (AvgIpc) is 3.66. The molecule has 0 spiro atoms. The molecule has 0 aliphatic carbocycles. The minimum absolute atomic E-state index is 0.592. The Hall–Kier alpha value is -7.69. The molecule has 4 nitrogen and oxygen atoms in total. The molecule has 0 aliphatic rings. The summed E-state index contributed by atoms with van der Waals surface area (Å²) in [6.07, 6.45) is 0. The smallest absolute Gasteiger partial charge is 0.164 e. The highest BCUT2D eigenvalue weighted by Crippen LogP contribution is 2.44. The summed E-state index contributed by atoms with van der Waals surface area (Å²) >= 11 is 0. The van der Waals surface area contributed by atoms with Crippen LogP contribution in [0.1, 0.15) is 0 Å². The van der Waals surface area contributed by atoms with Crippen molar-refractivity contribution in [2.24, 2.45) is 0 Å². The standard InChI is InChI=1S/C53H31N3O/c1-2-14-33(15-3-1)48-38-18-7-6-17-35(38)30-46-49-44(23-12-24-47(49)57-50(46)48)53-55-51(36-26-25-32-13-4-5-16-34(32)29-36)54-52(56-53)37-27-28-43-41-21-9-8-19-39(41)40-20-10-11-22-42(40)45(43)31-37/h1-31H. The Morgan fingerprint density at radius 2 is 0.877 bits per heavy atom. The van der Waals surface area contributed by atoms with Gasteiger partial charge < -0.3 is 4.42 Å².